The third-order valence-corrected chi connectivity index (χ3v) is 4.98. The number of amides is 1. The molecule has 0 atom stereocenters. The molecule has 1 heterocycles. The molecule has 1 amide bonds. The first-order chi connectivity index (χ1) is 13.6. The molecule has 1 saturated heterocycles. The lowest BCUT2D eigenvalue weighted by atomic mass is 10.1. The molecule has 28 heavy (non-hydrogen) atoms. The molecule has 3 rings (SSSR count). The van der Waals surface area contributed by atoms with E-state index in [4.69, 9.17) is 19.9 Å². The summed E-state index contributed by atoms with van der Waals surface area (Å²) < 4.78 is 16.2. The Morgan fingerprint density at radius 1 is 0.964 bits per heavy atom. The van der Waals surface area contributed by atoms with E-state index in [9.17, 15) is 4.79 Å². The number of carbonyl (C=O) groups is 1. The lowest BCUT2D eigenvalue weighted by Gasteiger charge is -2.35. The summed E-state index contributed by atoms with van der Waals surface area (Å²) in [5.41, 5.74) is 8.11. The van der Waals surface area contributed by atoms with Crippen LogP contribution in [0.4, 0.5) is 5.69 Å². The number of hydrogen-bond acceptors (Lipinski definition) is 6. The monoisotopic (exact) mass is 385 g/mol. The summed E-state index contributed by atoms with van der Waals surface area (Å²) in [5.74, 6) is 1.87. The first-order valence-electron chi connectivity index (χ1n) is 9.22. The number of benzene rings is 2. The minimum absolute atomic E-state index is 0.00876. The van der Waals surface area contributed by atoms with Gasteiger partial charge in [-0.2, -0.15) is 0 Å². The second-order valence-corrected chi connectivity index (χ2v) is 6.69. The van der Waals surface area contributed by atoms with Crippen molar-refractivity contribution in [2.75, 3.05) is 53.2 Å². The summed E-state index contributed by atoms with van der Waals surface area (Å²) in [7, 11) is 4.82. The van der Waals surface area contributed by atoms with E-state index in [2.05, 4.69) is 4.90 Å². The molecule has 2 aromatic carbocycles. The largest absolute Gasteiger partial charge is 0.493 e. The Kier molecular flexibility index (Phi) is 6.26. The normalized spacial score (nSPS) is 14.6. The van der Waals surface area contributed by atoms with E-state index in [1.54, 1.807) is 33.5 Å². The van der Waals surface area contributed by atoms with Gasteiger partial charge < -0.3 is 24.8 Å². The Balaban J connectivity index is 1.64. The number of piperazine rings is 1. The molecule has 0 aromatic heterocycles. The lowest BCUT2D eigenvalue weighted by molar-refractivity contribution is 0.0629. The molecular formula is C21H27N3O4. The maximum absolute atomic E-state index is 12.7. The van der Waals surface area contributed by atoms with Gasteiger partial charge in [-0.25, -0.2) is 0 Å². The Hall–Kier alpha value is -2.93. The van der Waals surface area contributed by atoms with E-state index in [-0.39, 0.29) is 5.91 Å². The molecule has 0 unspecified atom stereocenters. The Bertz CT molecular complexity index is 807. The summed E-state index contributed by atoms with van der Waals surface area (Å²) in [6, 6.07) is 11.1. The van der Waals surface area contributed by atoms with Crippen molar-refractivity contribution in [2.24, 2.45) is 0 Å². The number of rotatable bonds is 6. The van der Waals surface area contributed by atoms with Crippen LogP contribution in [-0.4, -0.2) is 63.2 Å². The molecule has 0 bridgehead atoms. The van der Waals surface area contributed by atoms with E-state index in [1.165, 1.54) is 0 Å². The van der Waals surface area contributed by atoms with Crippen LogP contribution in [0.1, 0.15) is 15.9 Å². The standard InChI is InChI=1S/C21H27N3O4/c1-26-18-12-15(13-19(27-2)20(18)28-3)14-23-8-10-24(11-9-23)21(25)16-6-4-5-7-17(16)22/h4-7,12-13H,8-11,14,22H2,1-3H3. The summed E-state index contributed by atoms with van der Waals surface area (Å²) in [6.45, 7) is 3.64. The van der Waals surface area contributed by atoms with Crippen molar-refractivity contribution < 1.29 is 19.0 Å². The Morgan fingerprint density at radius 3 is 2.11 bits per heavy atom. The number of nitrogen functional groups attached to an aromatic ring is 1. The van der Waals surface area contributed by atoms with E-state index in [0.717, 1.165) is 25.2 Å². The number of methoxy groups -OCH3 is 3. The van der Waals surface area contributed by atoms with Gasteiger partial charge in [0.15, 0.2) is 11.5 Å². The first-order valence-corrected chi connectivity index (χ1v) is 9.22. The maximum Gasteiger partial charge on any atom is 0.256 e. The fourth-order valence-corrected chi connectivity index (χ4v) is 3.46. The fourth-order valence-electron chi connectivity index (χ4n) is 3.46. The predicted molar refractivity (Wildman–Crippen MR) is 108 cm³/mol. The van der Waals surface area contributed by atoms with Gasteiger partial charge in [0.25, 0.3) is 5.91 Å². The van der Waals surface area contributed by atoms with Gasteiger partial charge in [0.2, 0.25) is 5.75 Å². The highest BCUT2D eigenvalue weighted by Gasteiger charge is 2.24. The zero-order valence-electron chi connectivity index (χ0n) is 16.6. The fraction of sp³-hybridized carbons (Fsp3) is 0.381. The van der Waals surface area contributed by atoms with Crippen LogP contribution in [0.2, 0.25) is 0 Å². The van der Waals surface area contributed by atoms with Gasteiger partial charge in [0.05, 0.1) is 26.9 Å². The second-order valence-electron chi connectivity index (χ2n) is 6.69. The lowest BCUT2D eigenvalue weighted by Crippen LogP contribution is -2.48. The van der Waals surface area contributed by atoms with Crippen LogP contribution in [0, 0.1) is 0 Å². The predicted octanol–water partition coefficient (Wildman–Crippen LogP) is 2.25. The minimum Gasteiger partial charge on any atom is -0.493 e. The summed E-state index contributed by atoms with van der Waals surface area (Å²) in [5, 5.41) is 0. The van der Waals surface area contributed by atoms with Crippen LogP contribution in [0.25, 0.3) is 0 Å². The van der Waals surface area contributed by atoms with Gasteiger partial charge in [-0.1, -0.05) is 12.1 Å². The molecule has 1 fully saturated rings. The number of ether oxygens (including phenoxy) is 3. The second kappa shape index (κ2) is 8.84. The summed E-state index contributed by atoms with van der Waals surface area (Å²) in [6.07, 6.45) is 0. The van der Waals surface area contributed by atoms with Gasteiger partial charge in [-0.15, -0.1) is 0 Å². The van der Waals surface area contributed by atoms with Crippen LogP contribution in [-0.2, 0) is 6.54 Å². The molecule has 2 aromatic rings. The highest BCUT2D eigenvalue weighted by molar-refractivity contribution is 5.99. The van der Waals surface area contributed by atoms with Crippen LogP contribution in [0.5, 0.6) is 17.2 Å². The van der Waals surface area contributed by atoms with Gasteiger partial charge >= 0.3 is 0 Å². The molecule has 1 aliphatic rings. The van der Waals surface area contributed by atoms with Crippen molar-refractivity contribution in [1.82, 2.24) is 9.80 Å². The highest BCUT2D eigenvalue weighted by atomic mass is 16.5. The third kappa shape index (κ3) is 4.14. The van der Waals surface area contributed by atoms with Crippen molar-refractivity contribution in [1.29, 1.82) is 0 Å². The number of carbonyl (C=O) groups excluding carboxylic acids is 1. The highest BCUT2D eigenvalue weighted by Crippen LogP contribution is 2.38. The molecule has 7 nitrogen and oxygen atoms in total. The van der Waals surface area contributed by atoms with Gasteiger partial charge in [-0.05, 0) is 29.8 Å². The number of nitrogens with zero attached hydrogens (tertiary/aromatic N) is 2. The molecule has 7 heteroatoms. The topological polar surface area (TPSA) is 77.3 Å². The quantitative estimate of drug-likeness (QED) is 0.769. The summed E-state index contributed by atoms with van der Waals surface area (Å²) >= 11 is 0. The van der Waals surface area contributed by atoms with Crippen LogP contribution < -0.4 is 19.9 Å². The minimum atomic E-state index is -0.00876. The zero-order valence-corrected chi connectivity index (χ0v) is 16.6. The molecule has 150 valence electrons. The van der Waals surface area contributed by atoms with E-state index >= 15 is 0 Å². The van der Waals surface area contributed by atoms with Gasteiger partial charge in [0.1, 0.15) is 0 Å². The third-order valence-electron chi connectivity index (χ3n) is 4.98. The van der Waals surface area contributed by atoms with Crippen LogP contribution in [0.15, 0.2) is 36.4 Å². The Morgan fingerprint density at radius 2 is 1.57 bits per heavy atom. The first kappa shape index (κ1) is 19.8. The number of para-hydroxylation sites is 1. The van der Waals surface area contributed by atoms with Crippen molar-refractivity contribution >= 4 is 11.6 Å². The smallest absolute Gasteiger partial charge is 0.256 e. The molecular weight excluding hydrogens is 358 g/mol. The molecule has 2 N–H and O–H groups in total. The van der Waals surface area contributed by atoms with Crippen molar-refractivity contribution in [3.63, 3.8) is 0 Å². The van der Waals surface area contributed by atoms with Gasteiger partial charge in [-0.3, -0.25) is 9.69 Å². The van der Waals surface area contributed by atoms with E-state index < -0.39 is 0 Å². The molecule has 1 aliphatic heterocycles. The average Bonchev–Trinajstić information content (AvgIpc) is 2.73. The number of hydrogen-bond donors (Lipinski definition) is 1. The van der Waals surface area contributed by atoms with E-state index in [0.29, 0.717) is 41.6 Å². The molecule has 0 spiro atoms. The van der Waals surface area contributed by atoms with Gasteiger partial charge in [0, 0.05) is 38.4 Å². The Labute approximate surface area is 165 Å². The number of anilines is 1. The van der Waals surface area contributed by atoms with Crippen LogP contribution in [0.3, 0.4) is 0 Å². The van der Waals surface area contributed by atoms with Crippen LogP contribution >= 0.6 is 0 Å². The zero-order chi connectivity index (χ0) is 20.1. The number of nitrogens with two attached hydrogens (primary N) is 1. The summed E-state index contributed by atoms with van der Waals surface area (Å²) in [4.78, 5) is 16.9. The maximum atomic E-state index is 12.7. The molecule has 0 radical (unpaired) electrons. The molecule has 0 aliphatic carbocycles. The van der Waals surface area contributed by atoms with Crippen molar-refractivity contribution in [3.05, 3.63) is 47.5 Å². The SMILES string of the molecule is COc1cc(CN2CCN(C(=O)c3ccccc3N)CC2)cc(OC)c1OC. The van der Waals surface area contributed by atoms with Crippen molar-refractivity contribution in [3.8, 4) is 17.2 Å². The van der Waals surface area contributed by atoms with E-state index in [1.807, 2.05) is 29.2 Å². The van der Waals surface area contributed by atoms with Crippen molar-refractivity contribution in [2.45, 2.75) is 6.54 Å². The molecule has 0 saturated carbocycles. The average molecular weight is 385 g/mol.